The molecule has 0 saturated heterocycles. The lowest BCUT2D eigenvalue weighted by molar-refractivity contribution is 0.526. The summed E-state index contributed by atoms with van der Waals surface area (Å²) < 4.78 is 1.88. The van der Waals surface area contributed by atoms with Gasteiger partial charge in [-0.2, -0.15) is 4.52 Å². The first-order chi connectivity index (χ1) is 12.0. The second kappa shape index (κ2) is 5.99. The molecule has 0 fully saturated rings. The molecule has 0 N–H and O–H groups in total. The molecule has 1 aromatic carbocycles. The van der Waals surface area contributed by atoms with Gasteiger partial charge in [-0.25, -0.2) is 0 Å². The third kappa shape index (κ3) is 3.02. The number of aromatic nitrogens is 4. The van der Waals surface area contributed by atoms with E-state index in [1.807, 2.05) is 16.6 Å². The van der Waals surface area contributed by atoms with Gasteiger partial charge in [0, 0.05) is 18.5 Å². The zero-order valence-electron chi connectivity index (χ0n) is 15.0. The molecule has 1 aliphatic heterocycles. The van der Waals surface area contributed by atoms with Crippen LogP contribution in [-0.2, 0) is 5.41 Å². The van der Waals surface area contributed by atoms with Gasteiger partial charge in [0.2, 0.25) is 0 Å². The van der Waals surface area contributed by atoms with Crippen LogP contribution in [0.1, 0.15) is 38.6 Å². The van der Waals surface area contributed by atoms with E-state index in [-0.39, 0.29) is 5.41 Å². The van der Waals surface area contributed by atoms with Gasteiger partial charge in [0.25, 0.3) is 0 Å². The molecule has 0 saturated carbocycles. The van der Waals surface area contributed by atoms with E-state index in [1.165, 1.54) is 11.1 Å². The Kier molecular flexibility index (Phi) is 3.79. The van der Waals surface area contributed by atoms with Crippen LogP contribution in [0.2, 0.25) is 0 Å². The van der Waals surface area contributed by atoms with E-state index < -0.39 is 0 Å². The molecule has 0 spiro atoms. The van der Waals surface area contributed by atoms with Crippen molar-refractivity contribution in [2.24, 2.45) is 0 Å². The molecule has 3 aromatic rings. The van der Waals surface area contributed by atoms with Crippen molar-refractivity contribution < 1.29 is 0 Å². The lowest BCUT2D eigenvalue weighted by Crippen LogP contribution is -2.29. The monoisotopic (exact) mass is 333 g/mol. The van der Waals surface area contributed by atoms with Crippen LogP contribution in [0.15, 0.2) is 48.5 Å². The Bertz CT molecular complexity index is 918. The van der Waals surface area contributed by atoms with E-state index in [2.05, 4.69) is 72.3 Å². The van der Waals surface area contributed by atoms with Gasteiger partial charge < -0.3 is 4.90 Å². The summed E-state index contributed by atoms with van der Waals surface area (Å²) in [6.07, 6.45) is 3.33. The maximum absolute atomic E-state index is 4.81. The van der Waals surface area contributed by atoms with E-state index in [1.54, 1.807) is 0 Å². The minimum Gasteiger partial charge on any atom is -0.351 e. The van der Waals surface area contributed by atoms with E-state index in [9.17, 15) is 0 Å². The highest BCUT2D eigenvalue weighted by molar-refractivity contribution is 5.68. The van der Waals surface area contributed by atoms with Gasteiger partial charge >= 0.3 is 0 Å². The molecule has 0 atom stereocenters. The first-order valence-corrected chi connectivity index (χ1v) is 8.75. The summed E-state index contributed by atoms with van der Waals surface area (Å²) in [7, 11) is 0. The van der Waals surface area contributed by atoms with Crippen LogP contribution in [-0.4, -0.2) is 32.9 Å². The van der Waals surface area contributed by atoms with Gasteiger partial charge in [-0.05, 0) is 29.7 Å². The maximum Gasteiger partial charge on any atom is 0.178 e. The Morgan fingerprint density at radius 1 is 0.960 bits per heavy atom. The SMILES string of the molecule is CC(C)(C)c1nnc2ccc(N3CC=C(c4ccccc4)CC3)nn12. The number of hydrogen-bond acceptors (Lipinski definition) is 4. The van der Waals surface area contributed by atoms with Gasteiger partial charge in [0.1, 0.15) is 5.82 Å². The Morgan fingerprint density at radius 3 is 2.44 bits per heavy atom. The normalized spacial score (nSPS) is 15.5. The smallest absolute Gasteiger partial charge is 0.178 e. The molecule has 0 aliphatic carbocycles. The maximum atomic E-state index is 4.81. The van der Waals surface area contributed by atoms with Crippen molar-refractivity contribution in [2.75, 3.05) is 18.0 Å². The average Bonchev–Trinajstić information content (AvgIpc) is 3.06. The molecule has 3 heterocycles. The molecule has 4 rings (SSSR count). The number of anilines is 1. The van der Waals surface area contributed by atoms with Crippen molar-refractivity contribution in [1.82, 2.24) is 19.8 Å². The molecule has 5 nitrogen and oxygen atoms in total. The van der Waals surface area contributed by atoms with Crippen molar-refractivity contribution >= 4 is 17.0 Å². The molecule has 0 amide bonds. The largest absolute Gasteiger partial charge is 0.351 e. The zero-order valence-corrected chi connectivity index (χ0v) is 15.0. The van der Waals surface area contributed by atoms with Crippen LogP contribution in [0.5, 0.6) is 0 Å². The Hall–Kier alpha value is -2.69. The first kappa shape index (κ1) is 15.8. The van der Waals surface area contributed by atoms with Crippen molar-refractivity contribution in [3.63, 3.8) is 0 Å². The number of hydrogen-bond donors (Lipinski definition) is 0. The summed E-state index contributed by atoms with van der Waals surface area (Å²) in [6.45, 7) is 8.23. The first-order valence-electron chi connectivity index (χ1n) is 8.75. The third-order valence-corrected chi connectivity index (χ3v) is 4.60. The molecule has 5 heteroatoms. The summed E-state index contributed by atoms with van der Waals surface area (Å²) in [4.78, 5) is 2.30. The summed E-state index contributed by atoms with van der Waals surface area (Å²) >= 11 is 0. The van der Waals surface area contributed by atoms with Gasteiger partial charge in [-0.15, -0.1) is 15.3 Å². The summed E-state index contributed by atoms with van der Waals surface area (Å²) in [6, 6.07) is 14.6. The number of fused-ring (bicyclic) bond motifs is 1. The van der Waals surface area contributed by atoms with Crippen LogP contribution < -0.4 is 4.90 Å². The Balaban J connectivity index is 1.62. The minimum atomic E-state index is -0.0900. The highest BCUT2D eigenvalue weighted by atomic mass is 15.4. The highest BCUT2D eigenvalue weighted by Crippen LogP contribution is 2.26. The van der Waals surface area contributed by atoms with Crippen molar-refractivity contribution in [1.29, 1.82) is 0 Å². The molecular weight excluding hydrogens is 310 g/mol. The van der Waals surface area contributed by atoms with Crippen molar-refractivity contribution in [3.8, 4) is 0 Å². The summed E-state index contributed by atoms with van der Waals surface area (Å²) in [5, 5.41) is 13.4. The molecule has 2 aromatic heterocycles. The van der Waals surface area contributed by atoms with Crippen LogP contribution in [0.4, 0.5) is 5.82 Å². The molecule has 128 valence electrons. The molecular formula is C20H23N5. The second-order valence-electron chi connectivity index (χ2n) is 7.53. The van der Waals surface area contributed by atoms with Crippen molar-refractivity contribution in [2.45, 2.75) is 32.6 Å². The molecule has 0 radical (unpaired) electrons. The fraction of sp³-hybridized carbons (Fsp3) is 0.350. The zero-order chi connectivity index (χ0) is 17.4. The fourth-order valence-electron chi connectivity index (χ4n) is 3.21. The van der Waals surface area contributed by atoms with Crippen LogP contribution in [0.3, 0.4) is 0 Å². The highest BCUT2D eigenvalue weighted by Gasteiger charge is 2.23. The number of benzene rings is 1. The predicted octanol–water partition coefficient (Wildman–Crippen LogP) is 3.72. The topological polar surface area (TPSA) is 46.3 Å². The lowest BCUT2D eigenvalue weighted by Gasteiger charge is -2.27. The van der Waals surface area contributed by atoms with Crippen molar-refractivity contribution in [3.05, 3.63) is 59.9 Å². The van der Waals surface area contributed by atoms with E-state index in [4.69, 9.17) is 5.10 Å². The van der Waals surface area contributed by atoms with Crippen LogP contribution in [0.25, 0.3) is 11.2 Å². The van der Waals surface area contributed by atoms with E-state index >= 15 is 0 Å². The summed E-state index contributed by atoms with van der Waals surface area (Å²) in [5.74, 6) is 1.86. The standard InChI is InChI=1S/C20H23N5/c1-20(2,3)19-22-21-17-9-10-18(23-25(17)19)24-13-11-16(12-14-24)15-7-5-4-6-8-15/h4-11H,12-14H2,1-3H3. The number of nitrogens with zero attached hydrogens (tertiary/aromatic N) is 5. The van der Waals surface area contributed by atoms with Crippen LogP contribution in [0, 0.1) is 0 Å². The minimum absolute atomic E-state index is 0.0900. The predicted molar refractivity (Wildman–Crippen MR) is 101 cm³/mol. The third-order valence-electron chi connectivity index (χ3n) is 4.60. The summed E-state index contributed by atoms with van der Waals surface area (Å²) in [5.41, 5.74) is 3.44. The Labute approximate surface area is 148 Å². The lowest BCUT2D eigenvalue weighted by atomic mass is 9.96. The van der Waals surface area contributed by atoms with Gasteiger partial charge in [-0.1, -0.05) is 57.2 Å². The van der Waals surface area contributed by atoms with Gasteiger partial charge in [0.05, 0.1) is 0 Å². The van der Waals surface area contributed by atoms with Gasteiger partial charge in [-0.3, -0.25) is 0 Å². The van der Waals surface area contributed by atoms with Crippen LogP contribution >= 0.6 is 0 Å². The quantitative estimate of drug-likeness (QED) is 0.717. The average molecular weight is 333 g/mol. The van der Waals surface area contributed by atoms with E-state index in [0.717, 1.165) is 36.8 Å². The fourth-order valence-corrected chi connectivity index (χ4v) is 3.21. The van der Waals surface area contributed by atoms with Gasteiger partial charge in [0.15, 0.2) is 11.5 Å². The second-order valence-corrected chi connectivity index (χ2v) is 7.53. The molecule has 0 unspecified atom stereocenters. The number of rotatable bonds is 2. The molecule has 1 aliphatic rings. The molecule has 0 bridgehead atoms. The Morgan fingerprint density at radius 2 is 1.76 bits per heavy atom. The molecule has 25 heavy (non-hydrogen) atoms. The van der Waals surface area contributed by atoms with E-state index in [0.29, 0.717) is 0 Å².